The number of ether oxygens (including phenoxy) is 2. The van der Waals surface area contributed by atoms with Crippen LogP contribution in [0.4, 0.5) is 0 Å². The highest BCUT2D eigenvalue weighted by Gasteiger charge is 2.55. The lowest BCUT2D eigenvalue weighted by atomic mass is 9.45. The normalized spacial score (nSPS) is 29.4. The molecule has 4 saturated carbocycles. The quantitative estimate of drug-likeness (QED) is 0.238. The van der Waals surface area contributed by atoms with E-state index in [1.54, 1.807) is 18.2 Å². The van der Waals surface area contributed by atoms with E-state index in [9.17, 15) is 24.9 Å². The van der Waals surface area contributed by atoms with E-state index in [2.05, 4.69) is 41.8 Å². The van der Waals surface area contributed by atoms with Gasteiger partial charge in [-0.2, -0.15) is 0 Å². The molecule has 0 spiro atoms. The van der Waals surface area contributed by atoms with Crippen LogP contribution in [0.3, 0.4) is 0 Å². The molecule has 0 heterocycles. The molecule has 10 heteroatoms. The highest BCUT2D eigenvalue weighted by Crippen LogP contribution is 2.61. The van der Waals surface area contributed by atoms with Crippen molar-refractivity contribution >= 4 is 34.4 Å². The Bertz CT molecular complexity index is 1230. The molecule has 9 nitrogen and oxygen atoms in total. The molecule has 0 aliphatic heterocycles. The van der Waals surface area contributed by atoms with Crippen LogP contribution in [0, 0.1) is 32.7 Å². The number of aliphatic hydroxyl groups is 3. The second-order valence-electron chi connectivity index (χ2n) is 13.9. The topological polar surface area (TPSA) is 129 Å². The summed E-state index contributed by atoms with van der Waals surface area (Å²) >= 11 is 2.11. The number of hydrogen-bond acceptors (Lipinski definition) is 7. The Labute approximate surface area is 274 Å². The maximum Gasteiger partial charge on any atom is 0.247 e. The van der Waals surface area contributed by atoms with Crippen molar-refractivity contribution in [2.45, 2.75) is 96.5 Å². The molecule has 0 radical (unpaired) electrons. The van der Waals surface area contributed by atoms with Gasteiger partial charge in [0, 0.05) is 31.5 Å². The number of methoxy groups -OCH3 is 1. The van der Waals surface area contributed by atoms with Crippen molar-refractivity contribution < 1.29 is 34.4 Å². The van der Waals surface area contributed by atoms with E-state index >= 15 is 0 Å². The zero-order valence-corrected chi connectivity index (χ0v) is 28.4. The average Bonchev–Trinajstić information content (AvgIpc) is 3.53. The van der Waals surface area contributed by atoms with Crippen molar-refractivity contribution in [2.24, 2.45) is 29.1 Å². The van der Waals surface area contributed by atoms with Crippen LogP contribution in [0.2, 0.25) is 0 Å². The number of carbonyl (C=O) groups is 2. The second kappa shape index (κ2) is 14.3. The van der Waals surface area contributed by atoms with Crippen molar-refractivity contribution in [3.63, 3.8) is 0 Å². The highest BCUT2D eigenvalue weighted by atomic mass is 127. The summed E-state index contributed by atoms with van der Waals surface area (Å²) in [7, 11) is 1.52. The van der Waals surface area contributed by atoms with Gasteiger partial charge in [-0.1, -0.05) is 26.7 Å². The molecule has 4 N–H and O–H groups in total. The van der Waals surface area contributed by atoms with Gasteiger partial charge in [0.2, 0.25) is 11.8 Å². The van der Waals surface area contributed by atoms with E-state index in [-0.39, 0.29) is 43.4 Å². The van der Waals surface area contributed by atoms with Crippen molar-refractivity contribution in [2.75, 3.05) is 26.8 Å². The zero-order valence-electron chi connectivity index (χ0n) is 26.3. The Kier molecular flexibility index (Phi) is 10.8. The van der Waals surface area contributed by atoms with Crippen LogP contribution in [0.1, 0.15) is 77.2 Å². The number of nitrogens with one attached hydrogen (secondary N) is 1. The molecule has 244 valence electrons. The molecule has 5 aliphatic rings. The van der Waals surface area contributed by atoms with Gasteiger partial charge in [-0.25, -0.2) is 0 Å². The Morgan fingerprint density at radius 2 is 1.89 bits per heavy atom. The fraction of sp³-hybridized carbons (Fsp3) is 0.706. The molecule has 2 amide bonds. The number of hydrogen-bond donors (Lipinski definition) is 4. The highest BCUT2D eigenvalue weighted by molar-refractivity contribution is 14.1. The standard InChI is InChI=1S/C34H49IN2O7/c1-34(2)24-9-8-22(25(34)17-24)18-37(30(40)14-20-6-4-5-7-20)27-15-23(33(42)36-10-11-38)16-28(31(27)41)44-32-26(35)12-21(19-39)13-29(32)43-3/h12-13,16,20,22,24-25,27-28,31,38-39,41H,4-11,14-15,17-19H2,1-3H3,(H,36,42)/t22-,24-,25-,27+,28-,31-/m0/s1. The predicted octanol–water partition coefficient (Wildman–Crippen LogP) is 4.19. The van der Waals surface area contributed by atoms with Crippen molar-refractivity contribution in [1.29, 1.82) is 0 Å². The largest absolute Gasteiger partial charge is 0.493 e. The Balaban J connectivity index is 1.48. The number of carbonyl (C=O) groups excluding carboxylic acids is 2. The smallest absolute Gasteiger partial charge is 0.247 e. The van der Waals surface area contributed by atoms with Crippen molar-refractivity contribution in [1.82, 2.24) is 10.2 Å². The van der Waals surface area contributed by atoms with Gasteiger partial charge in [0.05, 0.1) is 29.9 Å². The van der Waals surface area contributed by atoms with Gasteiger partial charge in [-0.15, -0.1) is 0 Å². The first-order valence-corrected chi connectivity index (χ1v) is 17.4. The van der Waals surface area contributed by atoms with Crippen molar-refractivity contribution in [3.05, 3.63) is 32.9 Å². The van der Waals surface area contributed by atoms with Gasteiger partial charge in [-0.3, -0.25) is 9.59 Å². The lowest BCUT2D eigenvalue weighted by Crippen LogP contribution is -2.59. The third kappa shape index (κ3) is 6.93. The lowest BCUT2D eigenvalue weighted by molar-refractivity contribution is -0.149. The molecule has 5 aliphatic carbocycles. The molecule has 1 aromatic carbocycles. The molecule has 0 saturated heterocycles. The number of nitrogens with zero attached hydrogens (tertiary/aromatic N) is 1. The summed E-state index contributed by atoms with van der Waals surface area (Å²) in [6.07, 6.45) is 8.12. The fourth-order valence-electron chi connectivity index (χ4n) is 8.33. The number of rotatable bonds is 12. The minimum Gasteiger partial charge on any atom is -0.493 e. The van der Waals surface area contributed by atoms with Gasteiger partial charge < -0.3 is 35.0 Å². The summed E-state index contributed by atoms with van der Waals surface area (Å²) < 4.78 is 12.7. The lowest BCUT2D eigenvalue weighted by Gasteiger charge is -2.61. The van der Waals surface area contributed by atoms with E-state index in [4.69, 9.17) is 9.47 Å². The minimum atomic E-state index is -1.08. The molecule has 44 heavy (non-hydrogen) atoms. The van der Waals surface area contributed by atoms with Gasteiger partial charge in [-0.05, 0) is 108 Å². The van der Waals surface area contributed by atoms with Gasteiger partial charge in [0.1, 0.15) is 12.2 Å². The summed E-state index contributed by atoms with van der Waals surface area (Å²) in [5.41, 5.74) is 1.34. The first-order valence-electron chi connectivity index (χ1n) is 16.3. The van der Waals surface area contributed by atoms with Crippen LogP contribution >= 0.6 is 22.6 Å². The molecular formula is C34H49IN2O7. The van der Waals surface area contributed by atoms with Crippen molar-refractivity contribution in [3.8, 4) is 11.5 Å². The maximum atomic E-state index is 14.2. The second-order valence-corrected chi connectivity index (χ2v) is 15.0. The number of benzene rings is 1. The zero-order chi connectivity index (χ0) is 31.6. The fourth-order valence-corrected chi connectivity index (χ4v) is 9.12. The van der Waals surface area contributed by atoms with Crippen LogP contribution in [-0.2, 0) is 16.2 Å². The SMILES string of the molecule is COc1cc(CO)cc(I)c1O[C@H]1C=C(C(=O)NCCO)C[C@@H](N(C[C@@H]2CC[C@H]3C[C@@H]2C3(C)C)C(=O)CC2CCCC2)[C@@H]1O. The molecule has 0 aromatic heterocycles. The number of amides is 2. The van der Waals surface area contributed by atoms with E-state index in [0.29, 0.717) is 56.9 Å². The van der Waals surface area contributed by atoms with Gasteiger partial charge in [0.15, 0.2) is 11.5 Å². The van der Waals surface area contributed by atoms with Gasteiger partial charge in [0.25, 0.3) is 0 Å². The Morgan fingerprint density at radius 3 is 2.52 bits per heavy atom. The van der Waals surface area contributed by atoms with Crippen LogP contribution in [-0.4, -0.2) is 77.1 Å². The number of halogens is 1. The summed E-state index contributed by atoms with van der Waals surface area (Å²) in [4.78, 5) is 29.4. The van der Waals surface area contributed by atoms with E-state index in [1.165, 1.54) is 13.5 Å². The molecule has 2 bridgehead atoms. The predicted molar refractivity (Wildman–Crippen MR) is 175 cm³/mol. The molecule has 6 rings (SSSR count). The summed E-state index contributed by atoms with van der Waals surface area (Å²) in [6.45, 7) is 5.03. The van der Waals surface area contributed by atoms with Crippen LogP contribution in [0.25, 0.3) is 0 Å². The van der Waals surface area contributed by atoms with Crippen LogP contribution in [0.15, 0.2) is 23.8 Å². The first-order chi connectivity index (χ1) is 21.1. The maximum absolute atomic E-state index is 14.2. The number of aliphatic hydroxyl groups excluding tert-OH is 3. The molecular weight excluding hydrogens is 675 g/mol. The third-order valence-electron chi connectivity index (χ3n) is 11.0. The summed E-state index contributed by atoms with van der Waals surface area (Å²) in [5.74, 6) is 2.50. The van der Waals surface area contributed by atoms with Gasteiger partial charge >= 0.3 is 0 Å². The Morgan fingerprint density at radius 1 is 1.14 bits per heavy atom. The first kappa shape index (κ1) is 33.5. The molecule has 0 unspecified atom stereocenters. The monoisotopic (exact) mass is 724 g/mol. The molecule has 1 aromatic rings. The third-order valence-corrected chi connectivity index (χ3v) is 11.8. The van der Waals surface area contributed by atoms with Crippen LogP contribution < -0.4 is 14.8 Å². The Hall–Kier alpha value is -1.89. The van der Waals surface area contributed by atoms with E-state index in [1.807, 2.05) is 4.90 Å². The van der Waals surface area contributed by atoms with E-state index < -0.39 is 18.2 Å². The average molecular weight is 725 g/mol. The van der Waals surface area contributed by atoms with E-state index in [0.717, 1.165) is 44.4 Å². The molecule has 4 fully saturated rings. The minimum absolute atomic E-state index is 0.0513. The molecule has 6 atom stereocenters. The summed E-state index contributed by atoms with van der Waals surface area (Å²) in [6, 6.07) is 2.84. The van der Waals surface area contributed by atoms with Crippen LogP contribution in [0.5, 0.6) is 11.5 Å². The number of fused-ring (bicyclic) bond motifs is 2. The summed E-state index contributed by atoms with van der Waals surface area (Å²) in [5, 5.41) is 33.8.